The SMILES string of the molecule is O=C(O)C(=O)O.c1ccc(-c2cnn(CCN3CCCCC3)c2)cc1. The lowest BCUT2D eigenvalue weighted by molar-refractivity contribution is -0.159. The molecule has 3 rings (SSSR count). The smallest absolute Gasteiger partial charge is 0.414 e. The van der Waals surface area contributed by atoms with E-state index in [1.807, 2.05) is 12.3 Å². The number of carbonyl (C=O) groups is 2. The van der Waals surface area contributed by atoms with Crippen LogP contribution in [-0.2, 0) is 16.1 Å². The van der Waals surface area contributed by atoms with E-state index in [-0.39, 0.29) is 0 Å². The highest BCUT2D eigenvalue weighted by Crippen LogP contribution is 2.17. The highest BCUT2D eigenvalue weighted by atomic mass is 16.4. The highest BCUT2D eigenvalue weighted by Gasteiger charge is 2.10. The molecule has 0 aliphatic carbocycles. The number of benzene rings is 1. The lowest BCUT2D eigenvalue weighted by atomic mass is 10.1. The van der Waals surface area contributed by atoms with E-state index in [0.29, 0.717) is 0 Å². The Bertz CT molecular complexity index is 667. The molecular weight excluding hydrogens is 322 g/mol. The van der Waals surface area contributed by atoms with Crippen LogP contribution in [0.15, 0.2) is 42.7 Å². The topological polar surface area (TPSA) is 95.7 Å². The number of hydrogen-bond donors (Lipinski definition) is 2. The third kappa shape index (κ3) is 6.39. The molecular formula is C18H23N3O4. The zero-order valence-electron chi connectivity index (χ0n) is 14.0. The molecule has 0 atom stereocenters. The Hall–Kier alpha value is -2.67. The van der Waals surface area contributed by atoms with Gasteiger partial charge in [-0.1, -0.05) is 36.8 Å². The quantitative estimate of drug-likeness (QED) is 0.825. The van der Waals surface area contributed by atoms with Gasteiger partial charge in [-0.2, -0.15) is 5.10 Å². The number of likely N-dealkylation sites (tertiary alicyclic amines) is 1. The number of rotatable bonds is 4. The van der Waals surface area contributed by atoms with Crippen LogP contribution >= 0.6 is 0 Å². The second kappa shape index (κ2) is 9.58. The van der Waals surface area contributed by atoms with E-state index < -0.39 is 11.9 Å². The first-order valence-electron chi connectivity index (χ1n) is 8.32. The first kappa shape index (κ1) is 18.7. The van der Waals surface area contributed by atoms with Gasteiger partial charge in [0.2, 0.25) is 0 Å². The summed E-state index contributed by atoms with van der Waals surface area (Å²) >= 11 is 0. The van der Waals surface area contributed by atoms with Crippen molar-refractivity contribution in [2.24, 2.45) is 0 Å². The molecule has 7 heteroatoms. The minimum absolute atomic E-state index is 0.993. The van der Waals surface area contributed by atoms with Crippen LogP contribution in [0.3, 0.4) is 0 Å². The Morgan fingerprint density at radius 3 is 2.16 bits per heavy atom. The van der Waals surface area contributed by atoms with E-state index in [4.69, 9.17) is 19.8 Å². The van der Waals surface area contributed by atoms with Gasteiger partial charge in [-0.25, -0.2) is 9.59 Å². The van der Waals surface area contributed by atoms with Gasteiger partial charge in [0, 0.05) is 18.3 Å². The van der Waals surface area contributed by atoms with Gasteiger partial charge in [0.15, 0.2) is 0 Å². The number of carboxylic acids is 2. The van der Waals surface area contributed by atoms with Crippen LogP contribution in [0.5, 0.6) is 0 Å². The van der Waals surface area contributed by atoms with E-state index in [0.717, 1.165) is 13.1 Å². The largest absolute Gasteiger partial charge is 0.473 e. The molecule has 7 nitrogen and oxygen atoms in total. The summed E-state index contributed by atoms with van der Waals surface area (Å²) in [6.07, 6.45) is 8.23. The Morgan fingerprint density at radius 2 is 1.56 bits per heavy atom. The maximum atomic E-state index is 9.10. The van der Waals surface area contributed by atoms with Crippen molar-refractivity contribution < 1.29 is 19.8 Å². The van der Waals surface area contributed by atoms with E-state index in [1.54, 1.807) is 0 Å². The summed E-state index contributed by atoms with van der Waals surface area (Å²) < 4.78 is 2.07. The van der Waals surface area contributed by atoms with Gasteiger partial charge in [-0.15, -0.1) is 0 Å². The van der Waals surface area contributed by atoms with Gasteiger partial charge in [-0.05, 0) is 31.5 Å². The molecule has 2 aromatic rings. The zero-order chi connectivity index (χ0) is 18.1. The lowest BCUT2D eigenvalue weighted by Crippen LogP contribution is -2.32. The van der Waals surface area contributed by atoms with Gasteiger partial charge < -0.3 is 15.1 Å². The van der Waals surface area contributed by atoms with Crippen molar-refractivity contribution in [3.63, 3.8) is 0 Å². The summed E-state index contributed by atoms with van der Waals surface area (Å²) in [6, 6.07) is 10.4. The van der Waals surface area contributed by atoms with Crippen molar-refractivity contribution in [2.45, 2.75) is 25.8 Å². The number of piperidine rings is 1. The summed E-state index contributed by atoms with van der Waals surface area (Å²) in [5.74, 6) is -3.65. The van der Waals surface area contributed by atoms with E-state index in [1.165, 1.54) is 43.5 Å². The van der Waals surface area contributed by atoms with Gasteiger partial charge in [0.25, 0.3) is 0 Å². The fourth-order valence-electron chi connectivity index (χ4n) is 2.69. The maximum Gasteiger partial charge on any atom is 0.414 e. The first-order chi connectivity index (χ1) is 12.1. The summed E-state index contributed by atoms with van der Waals surface area (Å²) in [5.41, 5.74) is 2.45. The van der Waals surface area contributed by atoms with Crippen LogP contribution in [-0.4, -0.2) is 56.5 Å². The molecule has 0 spiro atoms. The standard InChI is InChI=1S/C16H21N3.C2H2O4/c1-3-7-15(8-4-1)16-13-17-19(14-16)12-11-18-9-5-2-6-10-18;3-1(4)2(5)6/h1,3-4,7-8,13-14H,2,5-6,9-12H2;(H,3,4)(H,5,6). The van der Waals surface area contributed by atoms with Gasteiger partial charge in [0.05, 0.1) is 12.7 Å². The van der Waals surface area contributed by atoms with Gasteiger partial charge >= 0.3 is 11.9 Å². The van der Waals surface area contributed by atoms with Crippen LogP contribution in [0.25, 0.3) is 11.1 Å². The molecule has 2 N–H and O–H groups in total. The number of nitrogens with zero attached hydrogens (tertiary/aromatic N) is 3. The predicted molar refractivity (Wildman–Crippen MR) is 93.2 cm³/mol. The fourth-order valence-corrected chi connectivity index (χ4v) is 2.69. The molecule has 0 bridgehead atoms. The number of hydrogen-bond acceptors (Lipinski definition) is 4. The average Bonchev–Trinajstić information content (AvgIpc) is 3.11. The molecule has 0 saturated carbocycles. The van der Waals surface area contributed by atoms with E-state index in [2.05, 4.69) is 45.1 Å². The molecule has 1 aromatic heterocycles. The van der Waals surface area contributed by atoms with Crippen molar-refractivity contribution in [2.75, 3.05) is 19.6 Å². The second-order valence-electron chi connectivity index (χ2n) is 5.87. The first-order valence-corrected chi connectivity index (χ1v) is 8.32. The lowest BCUT2D eigenvalue weighted by Gasteiger charge is -2.26. The summed E-state index contributed by atoms with van der Waals surface area (Å²) in [7, 11) is 0. The molecule has 25 heavy (non-hydrogen) atoms. The fraction of sp³-hybridized carbons (Fsp3) is 0.389. The van der Waals surface area contributed by atoms with Crippen LogP contribution in [0.2, 0.25) is 0 Å². The Labute approximate surface area is 146 Å². The molecule has 2 heterocycles. The summed E-state index contributed by atoms with van der Waals surface area (Å²) in [4.78, 5) is 20.7. The molecule has 0 radical (unpaired) electrons. The third-order valence-corrected chi connectivity index (χ3v) is 4.02. The molecule has 1 saturated heterocycles. The predicted octanol–water partition coefficient (Wildman–Crippen LogP) is 2.19. The minimum Gasteiger partial charge on any atom is -0.473 e. The normalized spacial score (nSPS) is 14.4. The molecule has 1 aromatic carbocycles. The van der Waals surface area contributed by atoms with Crippen molar-refractivity contribution in [3.05, 3.63) is 42.7 Å². The molecule has 0 amide bonds. The van der Waals surface area contributed by atoms with Crippen molar-refractivity contribution in [1.29, 1.82) is 0 Å². The minimum atomic E-state index is -1.82. The Balaban J connectivity index is 0.000000326. The van der Waals surface area contributed by atoms with E-state index in [9.17, 15) is 0 Å². The van der Waals surface area contributed by atoms with Crippen LogP contribution < -0.4 is 0 Å². The zero-order valence-corrected chi connectivity index (χ0v) is 14.0. The second-order valence-corrected chi connectivity index (χ2v) is 5.87. The number of carboxylic acid groups (broad SMARTS) is 2. The van der Waals surface area contributed by atoms with Gasteiger partial charge in [0.1, 0.15) is 0 Å². The number of aromatic nitrogens is 2. The van der Waals surface area contributed by atoms with Crippen LogP contribution in [0.1, 0.15) is 19.3 Å². The summed E-state index contributed by atoms with van der Waals surface area (Å²) in [5, 5.41) is 19.2. The van der Waals surface area contributed by atoms with Gasteiger partial charge in [-0.3, -0.25) is 4.68 Å². The number of aliphatic carboxylic acids is 2. The Morgan fingerprint density at radius 1 is 0.920 bits per heavy atom. The average molecular weight is 345 g/mol. The summed E-state index contributed by atoms with van der Waals surface area (Å²) in [6.45, 7) is 4.63. The maximum absolute atomic E-state index is 9.10. The molecule has 134 valence electrons. The third-order valence-electron chi connectivity index (χ3n) is 4.02. The van der Waals surface area contributed by atoms with E-state index >= 15 is 0 Å². The van der Waals surface area contributed by atoms with Crippen molar-refractivity contribution >= 4 is 11.9 Å². The van der Waals surface area contributed by atoms with Crippen molar-refractivity contribution in [1.82, 2.24) is 14.7 Å². The Kier molecular flexibility index (Phi) is 7.16. The molecule has 1 aliphatic rings. The highest BCUT2D eigenvalue weighted by molar-refractivity contribution is 6.27. The molecule has 1 fully saturated rings. The monoisotopic (exact) mass is 345 g/mol. The van der Waals surface area contributed by atoms with Crippen LogP contribution in [0, 0.1) is 0 Å². The van der Waals surface area contributed by atoms with Crippen LogP contribution in [0.4, 0.5) is 0 Å². The van der Waals surface area contributed by atoms with Crippen molar-refractivity contribution in [3.8, 4) is 11.1 Å². The molecule has 1 aliphatic heterocycles. The molecule has 0 unspecified atom stereocenters.